The highest BCUT2D eigenvalue weighted by Gasteiger charge is 2.17. The largest absolute Gasteiger partial charge is 0.460 e. The molecule has 7 heteroatoms. The molecule has 0 aliphatic carbocycles. The molecular weight excluding hydrogens is 388 g/mol. The second-order valence-corrected chi connectivity index (χ2v) is 7.50. The van der Waals surface area contributed by atoms with Crippen molar-refractivity contribution < 1.29 is 19.1 Å². The van der Waals surface area contributed by atoms with Crippen LogP contribution in [0.15, 0.2) is 48.8 Å². The zero-order valence-corrected chi connectivity index (χ0v) is 17.3. The topological polar surface area (TPSA) is 77.5 Å². The van der Waals surface area contributed by atoms with E-state index in [2.05, 4.69) is 10.3 Å². The minimum Gasteiger partial charge on any atom is -0.460 e. The number of carbonyl (C=O) groups excluding carboxylic acids is 2. The van der Waals surface area contributed by atoms with Gasteiger partial charge >= 0.3 is 5.97 Å². The fraction of sp³-hybridized carbons (Fsp3) is 0.227. The van der Waals surface area contributed by atoms with Gasteiger partial charge in [-0.25, -0.2) is 4.79 Å². The predicted molar refractivity (Wildman–Crippen MR) is 114 cm³/mol. The lowest BCUT2D eigenvalue weighted by molar-refractivity contribution is 0.0387. The maximum absolute atomic E-state index is 12.6. The number of hydrogen-bond acceptors (Lipinski definition) is 6. The highest BCUT2D eigenvalue weighted by Crippen LogP contribution is 2.32. The summed E-state index contributed by atoms with van der Waals surface area (Å²) >= 11 is 1.38. The monoisotopic (exact) mass is 410 g/mol. The Morgan fingerprint density at radius 2 is 1.93 bits per heavy atom. The van der Waals surface area contributed by atoms with E-state index in [1.807, 2.05) is 32.0 Å². The normalized spacial score (nSPS) is 10.6. The smallest absolute Gasteiger partial charge is 0.338 e. The van der Waals surface area contributed by atoms with Gasteiger partial charge in [-0.15, -0.1) is 11.3 Å². The van der Waals surface area contributed by atoms with Gasteiger partial charge in [0.2, 0.25) is 0 Å². The summed E-state index contributed by atoms with van der Waals surface area (Å²) in [6, 6.07) is 10.9. The van der Waals surface area contributed by atoms with E-state index in [9.17, 15) is 9.59 Å². The van der Waals surface area contributed by atoms with E-state index in [4.69, 9.17) is 9.47 Å². The van der Waals surface area contributed by atoms with Gasteiger partial charge in [-0.1, -0.05) is 12.1 Å². The number of nitrogens with zero attached hydrogens (tertiary/aromatic N) is 1. The van der Waals surface area contributed by atoms with Crippen LogP contribution in [0.3, 0.4) is 0 Å². The minimum absolute atomic E-state index is 0.177. The zero-order chi connectivity index (χ0) is 20.8. The number of hydrogen-bond donors (Lipinski definition) is 1. The van der Waals surface area contributed by atoms with Crippen LogP contribution >= 0.6 is 11.3 Å². The molecule has 1 N–H and O–H groups in total. The number of thiophene rings is 1. The maximum Gasteiger partial charge on any atom is 0.338 e. The molecule has 150 valence electrons. The summed E-state index contributed by atoms with van der Waals surface area (Å²) in [6.07, 6.45) is 3.35. The first-order valence-electron chi connectivity index (χ1n) is 9.09. The number of carbonyl (C=O) groups is 2. The number of anilines is 1. The van der Waals surface area contributed by atoms with Crippen molar-refractivity contribution in [2.45, 2.75) is 13.8 Å². The first kappa shape index (κ1) is 20.7. The SMILES string of the molecule is COCCOC(=O)c1cccc(-c2ccc(C(=O)Nc3ccncc3C)s2)c1C. The van der Waals surface area contributed by atoms with Crippen molar-refractivity contribution in [1.29, 1.82) is 0 Å². The number of aromatic nitrogens is 1. The Labute approximate surface area is 173 Å². The number of aryl methyl sites for hydroxylation is 1. The Morgan fingerprint density at radius 3 is 2.69 bits per heavy atom. The van der Waals surface area contributed by atoms with E-state index < -0.39 is 0 Å². The van der Waals surface area contributed by atoms with Gasteiger partial charge in [-0.2, -0.15) is 0 Å². The van der Waals surface area contributed by atoms with Crippen LogP contribution in [0.4, 0.5) is 5.69 Å². The van der Waals surface area contributed by atoms with Crippen LogP contribution in [0.25, 0.3) is 10.4 Å². The highest BCUT2D eigenvalue weighted by atomic mass is 32.1. The molecular formula is C22H22N2O4S. The van der Waals surface area contributed by atoms with Crippen molar-refractivity contribution in [1.82, 2.24) is 4.98 Å². The molecule has 1 aromatic carbocycles. The molecule has 0 saturated heterocycles. The molecule has 3 rings (SSSR count). The van der Waals surface area contributed by atoms with E-state index in [0.717, 1.165) is 27.3 Å². The molecule has 1 amide bonds. The summed E-state index contributed by atoms with van der Waals surface area (Å²) in [5.41, 5.74) is 3.85. The molecule has 0 aliphatic rings. The first-order valence-corrected chi connectivity index (χ1v) is 9.90. The van der Waals surface area contributed by atoms with E-state index >= 15 is 0 Å². The predicted octanol–water partition coefficient (Wildman–Crippen LogP) is 4.48. The number of ether oxygens (including phenoxy) is 2. The Morgan fingerprint density at radius 1 is 1.10 bits per heavy atom. The van der Waals surface area contributed by atoms with E-state index in [1.54, 1.807) is 37.7 Å². The van der Waals surface area contributed by atoms with Crippen LogP contribution < -0.4 is 5.32 Å². The summed E-state index contributed by atoms with van der Waals surface area (Å²) in [4.78, 5) is 30.5. The van der Waals surface area contributed by atoms with Gasteiger partial charge < -0.3 is 14.8 Å². The summed E-state index contributed by atoms with van der Waals surface area (Å²) in [5.74, 6) is -0.563. The van der Waals surface area contributed by atoms with Crippen LogP contribution in [-0.4, -0.2) is 37.2 Å². The zero-order valence-electron chi connectivity index (χ0n) is 16.5. The van der Waals surface area contributed by atoms with Gasteiger partial charge in [0.1, 0.15) is 6.61 Å². The lowest BCUT2D eigenvalue weighted by atomic mass is 10.0. The minimum atomic E-state index is -0.385. The molecule has 29 heavy (non-hydrogen) atoms. The molecule has 0 saturated carbocycles. The van der Waals surface area contributed by atoms with Crippen LogP contribution in [0.1, 0.15) is 31.2 Å². The highest BCUT2D eigenvalue weighted by molar-refractivity contribution is 7.17. The number of methoxy groups -OCH3 is 1. The Balaban J connectivity index is 1.79. The lowest BCUT2D eigenvalue weighted by Gasteiger charge is -2.10. The molecule has 0 atom stereocenters. The number of pyridine rings is 1. The van der Waals surface area contributed by atoms with E-state index in [-0.39, 0.29) is 18.5 Å². The van der Waals surface area contributed by atoms with E-state index in [1.165, 1.54) is 11.3 Å². The van der Waals surface area contributed by atoms with Crippen molar-refractivity contribution in [3.63, 3.8) is 0 Å². The van der Waals surface area contributed by atoms with Crippen molar-refractivity contribution in [2.75, 3.05) is 25.6 Å². The molecule has 3 aromatic rings. The molecule has 0 aliphatic heterocycles. The van der Waals surface area contributed by atoms with E-state index in [0.29, 0.717) is 17.0 Å². The summed E-state index contributed by atoms with van der Waals surface area (Å²) in [5, 5.41) is 2.91. The molecule has 2 aromatic heterocycles. The third-order valence-electron chi connectivity index (χ3n) is 4.44. The van der Waals surface area contributed by atoms with Gasteiger partial charge in [-0.05, 0) is 54.8 Å². The molecule has 0 spiro atoms. The maximum atomic E-state index is 12.6. The molecule has 0 bridgehead atoms. The fourth-order valence-corrected chi connectivity index (χ4v) is 3.81. The number of nitrogens with one attached hydrogen (secondary N) is 1. The molecule has 6 nitrogen and oxygen atoms in total. The average molecular weight is 410 g/mol. The third kappa shape index (κ3) is 4.88. The van der Waals surface area contributed by atoms with Gasteiger partial charge in [0.05, 0.1) is 17.0 Å². The molecule has 2 heterocycles. The van der Waals surface area contributed by atoms with Crippen LogP contribution in [-0.2, 0) is 9.47 Å². The average Bonchev–Trinajstić information content (AvgIpc) is 3.20. The quantitative estimate of drug-likeness (QED) is 0.459. The first-order chi connectivity index (χ1) is 14.0. The summed E-state index contributed by atoms with van der Waals surface area (Å²) in [7, 11) is 1.56. The number of amides is 1. The number of esters is 1. The van der Waals surface area contributed by atoms with Crippen LogP contribution in [0.5, 0.6) is 0 Å². The Hall–Kier alpha value is -3.03. The molecule has 0 unspecified atom stereocenters. The van der Waals surface area contributed by atoms with Crippen molar-refractivity contribution in [2.24, 2.45) is 0 Å². The van der Waals surface area contributed by atoms with Crippen LogP contribution in [0, 0.1) is 13.8 Å². The van der Waals surface area contributed by atoms with Gasteiger partial charge in [0.25, 0.3) is 5.91 Å². The Kier molecular flexibility index (Phi) is 6.74. The second kappa shape index (κ2) is 9.45. The lowest BCUT2D eigenvalue weighted by Crippen LogP contribution is -2.11. The molecule has 0 fully saturated rings. The standard InChI is InChI=1S/C22H22N2O4S/c1-14-13-23-10-9-18(14)24-21(25)20-8-7-19(29-20)16-5-4-6-17(15(16)2)22(26)28-12-11-27-3/h4-10,13H,11-12H2,1-3H3,(H,23,24,25). The van der Waals surface area contributed by atoms with Gasteiger partial charge in [-0.3, -0.25) is 9.78 Å². The second-order valence-electron chi connectivity index (χ2n) is 6.42. The number of benzene rings is 1. The van der Waals surface area contributed by atoms with Crippen molar-refractivity contribution >= 4 is 28.9 Å². The summed E-state index contributed by atoms with van der Waals surface area (Å²) < 4.78 is 10.1. The van der Waals surface area contributed by atoms with Gasteiger partial charge in [0.15, 0.2) is 0 Å². The van der Waals surface area contributed by atoms with Crippen molar-refractivity contribution in [3.8, 4) is 10.4 Å². The Bertz CT molecular complexity index is 1030. The third-order valence-corrected chi connectivity index (χ3v) is 5.56. The van der Waals surface area contributed by atoms with Crippen molar-refractivity contribution in [3.05, 3.63) is 70.4 Å². The summed E-state index contributed by atoms with van der Waals surface area (Å²) in [6.45, 7) is 4.33. The molecule has 0 radical (unpaired) electrons. The fourth-order valence-electron chi connectivity index (χ4n) is 2.82. The van der Waals surface area contributed by atoms with Crippen LogP contribution in [0.2, 0.25) is 0 Å². The number of rotatable bonds is 7. The van der Waals surface area contributed by atoms with Gasteiger partial charge in [0, 0.05) is 30.1 Å².